The summed E-state index contributed by atoms with van der Waals surface area (Å²) in [6.45, 7) is 2.46. The lowest BCUT2D eigenvalue weighted by Gasteiger charge is -2.12. The number of ether oxygens (including phenoxy) is 1. The van der Waals surface area contributed by atoms with E-state index >= 15 is 0 Å². The van der Waals surface area contributed by atoms with Crippen molar-refractivity contribution in [2.75, 3.05) is 11.9 Å². The van der Waals surface area contributed by atoms with Crippen LogP contribution in [0.3, 0.4) is 0 Å². The molecule has 1 fully saturated rings. The van der Waals surface area contributed by atoms with Gasteiger partial charge in [0, 0.05) is 12.2 Å². The molecule has 0 aliphatic heterocycles. The highest BCUT2D eigenvalue weighted by molar-refractivity contribution is 5.97. The zero-order valence-corrected chi connectivity index (χ0v) is 12.8. The van der Waals surface area contributed by atoms with Crippen LogP contribution < -0.4 is 15.4 Å². The number of nitrogens with one attached hydrogen (secondary N) is 2. The average molecular weight is 299 g/mol. The predicted molar refractivity (Wildman–Crippen MR) is 85.3 cm³/mol. The molecule has 0 atom stereocenters. The van der Waals surface area contributed by atoms with E-state index in [0.717, 1.165) is 31.4 Å². The van der Waals surface area contributed by atoms with Gasteiger partial charge in [-0.15, -0.1) is 0 Å². The van der Waals surface area contributed by atoms with Gasteiger partial charge in [-0.05, 0) is 31.9 Å². The van der Waals surface area contributed by atoms with Crippen molar-refractivity contribution in [2.45, 2.75) is 38.6 Å². The lowest BCUT2D eigenvalue weighted by molar-refractivity contribution is -0.117. The van der Waals surface area contributed by atoms with E-state index in [0.29, 0.717) is 12.4 Å². The topological polar surface area (TPSA) is 74.1 Å². The van der Waals surface area contributed by atoms with Gasteiger partial charge >= 0.3 is 0 Å². The van der Waals surface area contributed by atoms with Crippen LogP contribution in [0.4, 0.5) is 5.69 Å². The molecule has 1 aromatic rings. The highest BCUT2D eigenvalue weighted by Crippen LogP contribution is 2.24. The Labute approximate surface area is 131 Å². The van der Waals surface area contributed by atoms with E-state index in [9.17, 15) is 10.1 Å². The summed E-state index contributed by atoms with van der Waals surface area (Å²) in [5.74, 6) is 0.366. The number of amides is 1. The van der Waals surface area contributed by atoms with Gasteiger partial charge in [-0.2, -0.15) is 5.26 Å². The van der Waals surface area contributed by atoms with Crippen molar-refractivity contribution >= 4 is 11.6 Å². The first-order valence-electron chi connectivity index (χ1n) is 7.64. The number of rotatable bonds is 6. The molecule has 0 unspecified atom stereocenters. The number of carbonyl (C=O) groups excluding carboxylic acids is 1. The summed E-state index contributed by atoms with van der Waals surface area (Å²) in [6, 6.07) is 9.55. The molecular weight excluding hydrogens is 278 g/mol. The number of hydrogen-bond acceptors (Lipinski definition) is 4. The lowest BCUT2D eigenvalue weighted by atomic mass is 10.2. The van der Waals surface area contributed by atoms with Gasteiger partial charge in [0.1, 0.15) is 17.4 Å². The van der Waals surface area contributed by atoms with Gasteiger partial charge in [-0.25, -0.2) is 0 Å². The molecule has 2 N–H and O–H groups in total. The number of benzene rings is 1. The summed E-state index contributed by atoms with van der Waals surface area (Å²) in [5, 5.41) is 15.1. The van der Waals surface area contributed by atoms with Crippen LogP contribution in [0.15, 0.2) is 36.0 Å². The van der Waals surface area contributed by atoms with Crippen LogP contribution in [-0.4, -0.2) is 18.6 Å². The van der Waals surface area contributed by atoms with Crippen LogP contribution >= 0.6 is 0 Å². The van der Waals surface area contributed by atoms with Crippen LogP contribution in [0.5, 0.6) is 5.75 Å². The molecule has 0 radical (unpaired) electrons. The molecular formula is C17H21N3O2. The van der Waals surface area contributed by atoms with Gasteiger partial charge < -0.3 is 15.4 Å². The van der Waals surface area contributed by atoms with Gasteiger partial charge in [-0.3, -0.25) is 4.79 Å². The fraction of sp³-hybridized carbons (Fsp3) is 0.412. The molecule has 1 saturated carbocycles. The summed E-state index contributed by atoms with van der Waals surface area (Å²) in [5.41, 5.74) is 0.795. The van der Waals surface area contributed by atoms with Gasteiger partial charge in [0.25, 0.3) is 5.91 Å². The maximum atomic E-state index is 12.1. The predicted octanol–water partition coefficient (Wildman–Crippen LogP) is 2.96. The monoisotopic (exact) mass is 299 g/mol. The van der Waals surface area contributed by atoms with Crippen molar-refractivity contribution in [3.63, 3.8) is 0 Å². The first kappa shape index (κ1) is 15.9. The van der Waals surface area contributed by atoms with Crippen molar-refractivity contribution in [2.24, 2.45) is 0 Å². The van der Waals surface area contributed by atoms with Crippen molar-refractivity contribution in [1.82, 2.24) is 5.32 Å². The number of nitriles is 1. The second-order valence-corrected chi connectivity index (χ2v) is 5.20. The fourth-order valence-electron chi connectivity index (χ4n) is 2.50. The Morgan fingerprint density at radius 3 is 2.82 bits per heavy atom. The first-order valence-corrected chi connectivity index (χ1v) is 7.64. The smallest absolute Gasteiger partial charge is 0.263 e. The molecule has 1 aromatic carbocycles. The Morgan fingerprint density at radius 1 is 1.41 bits per heavy atom. The van der Waals surface area contributed by atoms with Crippen molar-refractivity contribution < 1.29 is 9.53 Å². The van der Waals surface area contributed by atoms with Crippen molar-refractivity contribution in [3.8, 4) is 11.8 Å². The Hall–Kier alpha value is -2.48. The van der Waals surface area contributed by atoms with Crippen molar-refractivity contribution in [3.05, 3.63) is 36.0 Å². The molecule has 1 amide bonds. The number of carbonyl (C=O) groups is 1. The third-order valence-corrected chi connectivity index (χ3v) is 3.61. The second-order valence-electron chi connectivity index (χ2n) is 5.20. The van der Waals surface area contributed by atoms with Crippen LogP contribution in [-0.2, 0) is 4.79 Å². The van der Waals surface area contributed by atoms with E-state index < -0.39 is 0 Å². The van der Waals surface area contributed by atoms with E-state index in [-0.39, 0.29) is 17.5 Å². The maximum absolute atomic E-state index is 12.1. The minimum absolute atomic E-state index is 0.0678. The van der Waals surface area contributed by atoms with E-state index in [4.69, 9.17) is 4.74 Å². The molecule has 5 nitrogen and oxygen atoms in total. The number of anilines is 1. The molecule has 5 heteroatoms. The Bertz CT molecular complexity index is 584. The molecule has 2 rings (SSSR count). The third-order valence-electron chi connectivity index (χ3n) is 3.61. The lowest BCUT2D eigenvalue weighted by Crippen LogP contribution is -2.33. The summed E-state index contributed by atoms with van der Waals surface area (Å²) >= 11 is 0. The summed E-state index contributed by atoms with van der Waals surface area (Å²) in [7, 11) is 0. The maximum Gasteiger partial charge on any atom is 0.263 e. The largest absolute Gasteiger partial charge is 0.492 e. The summed E-state index contributed by atoms with van der Waals surface area (Å²) in [4.78, 5) is 12.1. The summed E-state index contributed by atoms with van der Waals surface area (Å²) in [6.07, 6.45) is 5.69. The minimum Gasteiger partial charge on any atom is -0.492 e. The van der Waals surface area contributed by atoms with Gasteiger partial charge in [0.2, 0.25) is 0 Å². The van der Waals surface area contributed by atoms with E-state index in [1.807, 2.05) is 37.3 Å². The Kier molecular flexibility index (Phi) is 5.84. The van der Waals surface area contributed by atoms with Gasteiger partial charge in [-0.1, -0.05) is 25.0 Å². The summed E-state index contributed by atoms with van der Waals surface area (Å²) < 4.78 is 5.50. The van der Waals surface area contributed by atoms with Crippen LogP contribution in [0.25, 0.3) is 0 Å². The van der Waals surface area contributed by atoms with E-state index in [2.05, 4.69) is 10.6 Å². The SMILES string of the molecule is CCOc1ccccc1N/C=C(/C#N)C(=O)NC1CCCC1. The number of para-hydroxylation sites is 2. The molecule has 1 aliphatic rings. The number of nitrogens with zero attached hydrogens (tertiary/aromatic N) is 1. The molecule has 0 aromatic heterocycles. The standard InChI is InChI=1S/C17H21N3O2/c1-2-22-16-10-6-5-9-15(16)19-12-13(11-18)17(21)20-14-7-3-4-8-14/h5-6,9-10,12,14,19H,2-4,7-8H2,1H3,(H,20,21)/b13-12-. The molecule has 0 spiro atoms. The highest BCUT2D eigenvalue weighted by Gasteiger charge is 2.19. The zero-order valence-electron chi connectivity index (χ0n) is 12.8. The quantitative estimate of drug-likeness (QED) is 0.625. The molecule has 22 heavy (non-hydrogen) atoms. The third kappa shape index (κ3) is 4.26. The van der Waals surface area contributed by atoms with Crippen LogP contribution in [0.1, 0.15) is 32.6 Å². The fourth-order valence-corrected chi connectivity index (χ4v) is 2.50. The normalized spacial score (nSPS) is 15.2. The van der Waals surface area contributed by atoms with Crippen LogP contribution in [0, 0.1) is 11.3 Å². The minimum atomic E-state index is -0.323. The Balaban J connectivity index is 2.03. The van der Waals surface area contributed by atoms with Crippen LogP contribution in [0.2, 0.25) is 0 Å². The molecule has 0 bridgehead atoms. The van der Waals surface area contributed by atoms with Crippen molar-refractivity contribution in [1.29, 1.82) is 5.26 Å². The van der Waals surface area contributed by atoms with Gasteiger partial charge in [0.15, 0.2) is 0 Å². The van der Waals surface area contributed by atoms with E-state index in [1.165, 1.54) is 6.20 Å². The second kappa shape index (κ2) is 8.08. The zero-order chi connectivity index (χ0) is 15.8. The van der Waals surface area contributed by atoms with E-state index in [1.54, 1.807) is 0 Å². The van der Waals surface area contributed by atoms with Gasteiger partial charge in [0.05, 0.1) is 12.3 Å². The molecule has 116 valence electrons. The Morgan fingerprint density at radius 2 is 2.14 bits per heavy atom. The molecule has 0 heterocycles. The molecule has 1 aliphatic carbocycles. The number of hydrogen-bond donors (Lipinski definition) is 2. The first-order chi connectivity index (χ1) is 10.7. The molecule has 0 saturated heterocycles. The highest BCUT2D eigenvalue weighted by atomic mass is 16.5. The average Bonchev–Trinajstić information content (AvgIpc) is 3.02.